The quantitative estimate of drug-likeness (QED) is 0.142. The van der Waals surface area contributed by atoms with Crippen molar-refractivity contribution in [1.82, 2.24) is 9.80 Å². The standard InChI is InChI=1S/C40H50BrN3O8/c1-8-10-16-31(46)42(6)25(5)34(26-14-12-11-13-15-26)51-39(49)32-33-37(47)44(30(23-45)24(3)4)36(40(33)22-29(41)35(32)52-40)38(48)43(21-9-2)27-17-19-28(50-7)20-18-27/h8-9,11-15,17-20,24-25,29-30,32-36,45H,1-2,10,16,21-23H2,3-7H3/t25-,29?,30+,32-,33+,34+,35-,36-,40+/m1/s1. The number of likely N-dealkylation sites (N-methyl/N-ethyl adjacent to an activating group) is 1. The van der Waals surface area contributed by atoms with Crippen LogP contribution in [-0.4, -0.2) is 101 Å². The number of amides is 3. The summed E-state index contributed by atoms with van der Waals surface area (Å²) in [4.78, 5) is 61.7. The van der Waals surface area contributed by atoms with Gasteiger partial charge in [-0.25, -0.2) is 0 Å². The van der Waals surface area contributed by atoms with Gasteiger partial charge in [-0.05, 0) is 55.5 Å². The van der Waals surface area contributed by atoms with E-state index >= 15 is 0 Å². The Labute approximate surface area is 314 Å². The van der Waals surface area contributed by atoms with E-state index in [9.17, 15) is 24.3 Å². The monoisotopic (exact) mass is 779 g/mol. The van der Waals surface area contributed by atoms with Crippen molar-refractivity contribution < 1.29 is 38.5 Å². The summed E-state index contributed by atoms with van der Waals surface area (Å²) in [5.74, 6) is -3.37. The Hall–Kier alpha value is -4.00. The number of carbonyl (C=O) groups excluding carboxylic acids is 4. The third kappa shape index (κ3) is 7.04. The van der Waals surface area contributed by atoms with Gasteiger partial charge in [-0.15, -0.1) is 13.2 Å². The van der Waals surface area contributed by atoms with Gasteiger partial charge in [0.05, 0.1) is 43.7 Å². The number of hydrogen-bond acceptors (Lipinski definition) is 8. The third-order valence-corrected chi connectivity index (χ3v) is 11.7. The van der Waals surface area contributed by atoms with Gasteiger partial charge in [0.15, 0.2) is 0 Å². The zero-order valence-electron chi connectivity index (χ0n) is 30.5. The molecule has 2 bridgehead atoms. The van der Waals surface area contributed by atoms with Crippen molar-refractivity contribution in [2.45, 2.75) is 80.8 Å². The zero-order valence-corrected chi connectivity index (χ0v) is 32.1. The summed E-state index contributed by atoms with van der Waals surface area (Å²) >= 11 is 3.74. The number of aliphatic hydroxyl groups is 1. The Balaban J connectivity index is 1.55. The van der Waals surface area contributed by atoms with Gasteiger partial charge in [0, 0.05) is 30.5 Å². The van der Waals surface area contributed by atoms with Gasteiger partial charge >= 0.3 is 5.97 Å². The summed E-state index contributed by atoms with van der Waals surface area (Å²) < 4.78 is 18.4. The lowest BCUT2D eigenvalue weighted by Crippen LogP contribution is -2.60. The Bertz CT molecular complexity index is 1640. The average Bonchev–Trinajstić information content (AvgIpc) is 3.74. The number of anilines is 1. The van der Waals surface area contributed by atoms with E-state index in [4.69, 9.17) is 14.2 Å². The maximum Gasteiger partial charge on any atom is 0.313 e. The van der Waals surface area contributed by atoms with Crippen LogP contribution < -0.4 is 9.64 Å². The topological polar surface area (TPSA) is 126 Å². The van der Waals surface area contributed by atoms with E-state index in [1.165, 1.54) is 4.90 Å². The van der Waals surface area contributed by atoms with Crippen LogP contribution in [0.2, 0.25) is 0 Å². The second-order valence-electron chi connectivity index (χ2n) is 14.2. The number of rotatable bonds is 16. The molecule has 0 radical (unpaired) electrons. The molecule has 3 aliphatic heterocycles. The highest BCUT2D eigenvalue weighted by Gasteiger charge is 2.77. The minimum atomic E-state index is -1.39. The number of halogens is 1. The first-order chi connectivity index (χ1) is 24.9. The Kier molecular flexibility index (Phi) is 12.3. The molecule has 3 amide bonds. The number of esters is 1. The van der Waals surface area contributed by atoms with Crippen molar-refractivity contribution >= 4 is 45.3 Å². The van der Waals surface area contributed by atoms with Gasteiger partial charge in [-0.1, -0.05) is 72.3 Å². The lowest BCUT2D eigenvalue weighted by molar-refractivity contribution is -0.165. The molecule has 1 N–H and O–H groups in total. The summed E-state index contributed by atoms with van der Waals surface area (Å²) in [6.45, 7) is 12.9. The van der Waals surface area contributed by atoms with Crippen LogP contribution in [0.25, 0.3) is 0 Å². The maximum absolute atomic E-state index is 15.0. The molecule has 3 heterocycles. The molecule has 12 heteroatoms. The molecule has 11 nitrogen and oxygen atoms in total. The number of allylic oxidation sites excluding steroid dienone is 1. The van der Waals surface area contributed by atoms with E-state index in [2.05, 4.69) is 29.1 Å². The zero-order chi connectivity index (χ0) is 37.9. The minimum absolute atomic E-state index is 0.125. The van der Waals surface area contributed by atoms with Crippen LogP contribution in [0.4, 0.5) is 5.69 Å². The minimum Gasteiger partial charge on any atom is -0.497 e. The van der Waals surface area contributed by atoms with E-state index in [0.717, 1.165) is 0 Å². The Morgan fingerprint density at radius 3 is 2.35 bits per heavy atom. The lowest BCUT2D eigenvalue weighted by Gasteiger charge is -2.40. The second-order valence-corrected chi connectivity index (χ2v) is 15.4. The highest BCUT2D eigenvalue weighted by Crippen LogP contribution is 2.61. The van der Waals surface area contributed by atoms with Crippen LogP contribution in [0.15, 0.2) is 79.9 Å². The normalized spacial score (nSPS) is 26.3. The van der Waals surface area contributed by atoms with Crippen molar-refractivity contribution in [2.75, 3.05) is 32.2 Å². The van der Waals surface area contributed by atoms with Crippen LogP contribution in [-0.2, 0) is 28.7 Å². The van der Waals surface area contributed by atoms with E-state index in [1.54, 1.807) is 60.4 Å². The highest BCUT2D eigenvalue weighted by molar-refractivity contribution is 9.09. The fourth-order valence-electron chi connectivity index (χ4n) is 8.08. The van der Waals surface area contributed by atoms with Crippen LogP contribution >= 0.6 is 15.9 Å². The highest BCUT2D eigenvalue weighted by atomic mass is 79.9. The molecule has 1 spiro atoms. The molecular formula is C40H50BrN3O8. The van der Waals surface area contributed by atoms with Gasteiger partial charge < -0.3 is 34.0 Å². The Morgan fingerprint density at radius 1 is 1.10 bits per heavy atom. The van der Waals surface area contributed by atoms with E-state index in [0.29, 0.717) is 23.4 Å². The molecular weight excluding hydrogens is 730 g/mol. The van der Waals surface area contributed by atoms with Gasteiger partial charge in [0.1, 0.15) is 23.5 Å². The van der Waals surface area contributed by atoms with Crippen molar-refractivity contribution in [3.63, 3.8) is 0 Å². The first-order valence-electron chi connectivity index (χ1n) is 17.8. The lowest BCUT2D eigenvalue weighted by atomic mass is 9.70. The van der Waals surface area contributed by atoms with E-state index in [-0.39, 0.29) is 36.0 Å². The number of alkyl halides is 1. The molecule has 5 rings (SSSR count). The predicted molar refractivity (Wildman–Crippen MR) is 201 cm³/mol. The molecule has 3 aliphatic rings. The number of ether oxygens (including phenoxy) is 3. The van der Waals surface area contributed by atoms with Gasteiger partial charge in [0.2, 0.25) is 11.8 Å². The molecule has 2 aromatic rings. The number of carbonyl (C=O) groups is 4. The molecule has 9 atom stereocenters. The van der Waals surface area contributed by atoms with E-state index in [1.807, 2.05) is 51.1 Å². The number of methoxy groups -OCH3 is 1. The number of nitrogens with zero attached hydrogens (tertiary/aromatic N) is 3. The number of hydrogen-bond donors (Lipinski definition) is 1. The van der Waals surface area contributed by atoms with Crippen molar-refractivity contribution in [2.24, 2.45) is 17.8 Å². The van der Waals surface area contributed by atoms with Crippen LogP contribution in [0.1, 0.15) is 51.7 Å². The molecule has 3 fully saturated rings. The first-order valence-corrected chi connectivity index (χ1v) is 18.7. The number of aliphatic hydroxyl groups excluding tert-OH is 1. The van der Waals surface area contributed by atoms with Crippen LogP contribution in [0, 0.1) is 17.8 Å². The molecule has 0 saturated carbocycles. The van der Waals surface area contributed by atoms with Crippen LogP contribution in [0.5, 0.6) is 5.75 Å². The summed E-state index contributed by atoms with van der Waals surface area (Å²) in [7, 11) is 3.23. The molecule has 0 aliphatic carbocycles. The van der Waals surface area contributed by atoms with Gasteiger partial charge in [-0.2, -0.15) is 0 Å². The number of fused-ring (bicyclic) bond motifs is 1. The molecule has 3 saturated heterocycles. The van der Waals surface area contributed by atoms with Crippen LogP contribution in [0.3, 0.4) is 0 Å². The smallest absolute Gasteiger partial charge is 0.313 e. The predicted octanol–water partition coefficient (Wildman–Crippen LogP) is 5.08. The summed E-state index contributed by atoms with van der Waals surface area (Å²) in [6, 6.07) is 13.7. The summed E-state index contributed by atoms with van der Waals surface area (Å²) in [5, 5.41) is 10.7. The number of likely N-dealkylation sites (tertiary alicyclic amines) is 1. The van der Waals surface area contributed by atoms with Crippen molar-refractivity contribution in [3.8, 4) is 5.75 Å². The second kappa shape index (κ2) is 16.3. The van der Waals surface area contributed by atoms with Gasteiger partial charge in [0.25, 0.3) is 5.91 Å². The van der Waals surface area contributed by atoms with Crippen molar-refractivity contribution in [1.29, 1.82) is 0 Å². The Morgan fingerprint density at radius 2 is 1.77 bits per heavy atom. The molecule has 0 aromatic heterocycles. The molecule has 52 heavy (non-hydrogen) atoms. The summed E-state index contributed by atoms with van der Waals surface area (Å²) in [5.41, 5.74) is -0.141. The maximum atomic E-state index is 15.0. The third-order valence-electron chi connectivity index (χ3n) is 10.9. The van der Waals surface area contributed by atoms with E-state index < -0.39 is 72.2 Å². The van der Waals surface area contributed by atoms with Crippen molar-refractivity contribution in [3.05, 3.63) is 85.5 Å². The fourth-order valence-corrected chi connectivity index (χ4v) is 9.02. The molecule has 2 aromatic carbocycles. The first kappa shape index (κ1) is 39.2. The largest absolute Gasteiger partial charge is 0.497 e. The van der Waals surface area contributed by atoms with Gasteiger partial charge in [-0.3, -0.25) is 19.2 Å². The molecule has 280 valence electrons. The molecule has 1 unspecified atom stereocenters. The number of benzene rings is 2. The average molecular weight is 781 g/mol. The summed E-state index contributed by atoms with van der Waals surface area (Å²) in [6.07, 6.45) is 2.71. The fraction of sp³-hybridized carbons (Fsp3) is 0.500. The SMILES string of the molecule is C=CCCC(=O)N(C)[C@H](C)[C@H](OC(=O)[C@H]1[C@@H]2O[C@@]3(CC2Br)[C@@H]1C(=O)N([C@@H](CO)C(C)C)[C@@H]3C(=O)N(CC=C)c1ccc(OC)cc1)c1ccccc1.